The molecular formula is C13H12F4N2O. The predicted molar refractivity (Wildman–Crippen MR) is 62.6 cm³/mol. The van der Waals surface area contributed by atoms with E-state index in [9.17, 15) is 17.6 Å². The molecule has 0 bridgehead atoms. The monoisotopic (exact) mass is 288 g/mol. The molecule has 1 saturated heterocycles. The van der Waals surface area contributed by atoms with Gasteiger partial charge >= 0.3 is 6.18 Å². The molecule has 0 saturated carbocycles. The van der Waals surface area contributed by atoms with Gasteiger partial charge in [0.15, 0.2) is 11.6 Å². The lowest BCUT2D eigenvalue weighted by Gasteiger charge is -2.39. The molecule has 3 nitrogen and oxygen atoms in total. The minimum Gasteiger partial charge on any atom is -0.473 e. The maximum Gasteiger partial charge on any atom is 0.429 e. The van der Waals surface area contributed by atoms with Gasteiger partial charge in [0.25, 0.3) is 0 Å². The van der Waals surface area contributed by atoms with E-state index in [1.807, 2.05) is 0 Å². The maximum atomic E-state index is 13.7. The van der Waals surface area contributed by atoms with Crippen molar-refractivity contribution >= 4 is 0 Å². The van der Waals surface area contributed by atoms with E-state index >= 15 is 0 Å². The Kier molecular flexibility index (Phi) is 3.86. The molecule has 7 heteroatoms. The predicted octanol–water partition coefficient (Wildman–Crippen LogP) is 2.76. The highest BCUT2D eigenvalue weighted by molar-refractivity contribution is 5.36. The zero-order valence-corrected chi connectivity index (χ0v) is 10.4. The topological polar surface area (TPSA) is 45.0 Å². The van der Waals surface area contributed by atoms with Gasteiger partial charge in [0.05, 0.1) is 11.6 Å². The summed E-state index contributed by atoms with van der Waals surface area (Å²) >= 11 is 0. The second-order valence-electron chi connectivity index (χ2n) is 4.63. The Labute approximate surface area is 113 Å². The zero-order chi connectivity index (χ0) is 14.8. The van der Waals surface area contributed by atoms with Gasteiger partial charge in [0.2, 0.25) is 5.60 Å². The fraction of sp³-hybridized carbons (Fsp3) is 0.462. The number of nitrogens with zero attached hydrogens (tertiary/aromatic N) is 1. The second-order valence-corrected chi connectivity index (χ2v) is 4.63. The molecule has 1 aliphatic rings. The summed E-state index contributed by atoms with van der Waals surface area (Å²) in [4.78, 5) is 0. The molecule has 1 aromatic carbocycles. The van der Waals surface area contributed by atoms with Crippen LogP contribution in [0, 0.1) is 17.1 Å². The van der Waals surface area contributed by atoms with Crippen LogP contribution in [0.5, 0.6) is 5.75 Å². The third-order valence-electron chi connectivity index (χ3n) is 3.23. The normalized spacial score (nSPS) is 23.1. The molecule has 0 amide bonds. The van der Waals surface area contributed by atoms with Crippen LogP contribution in [-0.2, 0) is 0 Å². The van der Waals surface area contributed by atoms with E-state index in [2.05, 4.69) is 5.32 Å². The summed E-state index contributed by atoms with van der Waals surface area (Å²) in [6.07, 6.45) is -4.55. The van der Waals surface area contributed by atoms with Gasteiger partial charge in [-0.15, -0.1) is 0 Å². The number of benzene rings is 1. The molecule has 20 heavy (non-hydrogen) atoms. The van der Waals surface area contributed by atoms with Crippen molar-refractivity contribution in [3.8, 4) is 11.8 Å². The van der Waals surface area contributed by atoms with E-state index in [1.54, 1.807) is 6.07 Å². The Morgan fingerprint density at radius 3 is 2.60 bits per heavy atom. The molecule has 1 N–H and O–H groups in total. The Hall–Kier alpha value is -1.81. The third kappa shape index (κ3) is 2.70. The number of hydrogen-bond acceptors (Lipinski definition) is 3. The van der Waals surface area contributed by atoms with Crippen LogP contribution in [0.3, 0.4) is 0 Å². The number of nitrogens with one attached hydrogen (secondary N) is 1. The van der Waals surface area contributed by atoms with Crippen LogP contribution in [-0.4, -0.2) is 24.9 Å². The molecule has 1 atom stereocenters. The standard InChI is InChI=1S/C13H12F4N2O/c14-10-6-9(7-18)2-3-11(10)20-12(13(15,16)17)4-1-5-19-8-12/h2-3,6,19H,1,4-5,8H2. The SMILES string of the molecule is N#Cc1ccc(OC2(C(F)(F)F)CCCNC2)c(F)c1. The van der Waals surface area contributed by atoms with Gasteiger partial charge in [0.1, 0.15) is 0 Å². The molecular weight excluding hydrogens is 276 g/mol. The van der Waals surface area contributed by atoms with E-state index < -0.39 is 29.9 Å². The van der Waals surface area contributed by atoms with Gasteiger partial charge in [-0.1, -0.05) is 0 Å². The van der Waals surface area contributed by atoms with Crippen LogP contribution in [0.25, 0.3) is 0 Å². The van der Waals surface area contributed by atoms with Crippen molar-refractivity contribution in [1.29, 1.82) is 5.26 Å². The number of rotatable bonds is 2. The average molecular weight is 288 g/mol. The first kappa shape index (κ1) is 14.6. The highest BCUT2D eigenvalue weighted by atomic mass is 19.4. The van der Waals surface area contributed by atoms with Crippen molar-refractivity contribution in [1.82, 2.24) is 5.32 Å². The van der Waals surface area contributed by atoms with E-state index in [0.29, 0.717) is 6.54 Å². The van der Waals surface area contributed by atoms with Gasteiger partial charge in [0, 0.05) is 6.54 Å². The Bertz CT molecular complexity index is 530. The summed E-state index contributed by atoms with van der Waals surface area (Å²) in [6.45, 7) is 0.0486. The highest BCUT2D eigenvalue weighted by Crippen LogP contribution is 2.39. The molecule has 108 valence electrons. The summed E-state index contributed by atoms with van der Waals surface area (Å²) < 4.78 is 58.3. The van der Waals surface area contributed by atoms with Crippen LogP contribution >= 0.6 is 0 Å². The maximum absolute atomic E-state index is 13.7. The largest absolute Gasteiger partial charge is 0.473 e. The molecule has 1 aromatic rings. The van der Waals surface area contributed by atoms with Gasteiger partial charge in [-0.3, -0.25) is 0 Å². The molecule has 2 rings (SSSR count). The number of hydrogen-bond donors (Lipinski definition) is 1. The minimum atomic E-state index is -4.61. The fourth-order valence-electron chi connectivity index (χ4n) is 2.13. The Morgan fingerprint density at radius 2 is 2.10 bits per heavy atom. The number of piperidine rings is 1. The molecule has 0 aliphatic carbocycles. The molecule has 0 aromatic heterocycles. The lowest BCUT2D eigenvalue weighted by Crippen LogP contribution is -2.59. The first-order chi connectivity index (χ1) is 9.38. The van der Waals surface area contributed by atoms with E-state index in [-0.39, 0.29) is 18.4 Å². The summed E-state index contributed by atoms with van der Waals surface area (Å²) in [5, 5.41) is 11.2. The van der Waals surface area contributed by atoms with Crippen LogP contribution in [0.4, 0.5) is 17.6 Å². The van der Waals surface area contributed by atoms with Crippen molar-refractivity contribution in [2.75, 3.05) is 13.1 Å². The zero-order valence-electron chi connectivity index (χ0n) is 10.4. The summed E-state index contributed by atoms with van der Waals surface area (Å²) in [5.74, 6) is -1.47. The summed E-state index contributed by atoms with van der Waals surface area (Å²) in [7, 11) is 0. The summed E-state index contributed by atoms with van der Waals surface area (Å²) in [6, 6.07) is 4.84. The van der Waals surface area contributed by atoms with E-state index in [0.717, 1.165) is 12.1 Å². The molecule has 0 radical (unpaired) electrons. The Morgan fingerprint density at radius 1 is 1.35 bits per heavy atom. The number of ether oxygens (including phenoxy) is 1. The third-order valence-corrected chi connectivity index (χ3v) is 3.23. The van der Waals surface area contributed by atoms with E-state index in [1.165, 1.54) is 6.07 Å². The first-order valence-electron chi connectivity index (χ1n) is 6.04. The van der Waals surface area contributed by atoms with Crippen LogP contribution < -0.4 is 10.1 Å². The minimum absolute atomic E-state index is 0.0256. The summed E-state index contributed by atoms with van der Waals surface area (Å²) in [5.41, 5.74) is -2.40. The van der Waals surface area contributed by atoms with Crippen molar-refractivity contribution in [3.05, 3.63) is 29.6 Å². The molecule has 0 spiro atoms. The lowest BCUT2D eigenvalue weighted by molar-refractivity contribution is -0.253. The lowest BCUT2D eigenvalue weighted by atomic mass is 9.93. The molecule has 1 unspecified atom stereocenters. The first-order valence-corrected chi connectivity index (χ1v) is 6.04. The Balaban J connectivity index is 2.31. The van der Waals surface area contributed by atoms with Gasteiger partial charge in [-0.2, -0.15) is 18.4 Å². The fourth-order valence-corrected chi connectivity index (χ4v) is 2.13. The number of halogens is 4. The van der Waals surface area contributed by atoms with Crippen molar-refractivity contribution in [2.45, 2.75) is 24.6 Å². The number of alkyl halides is 3. The van der Waals surface area contributed by atoms with Gasteiger partial charge in [-0.05, 0) is 37.6 Å². The molecule has 1 heterocycles. The van der Waals surface area contributed by atoms with Crippen molar-refractivity contribution in [2.24, 2.45) is 0 Å². The van der Waals surface area contributed by atoms with Crippen molar-refractivity contribution < 1.29 is 22.3 Å². The van der Waals surface area contributed by atoms with Gasteiger partial charge in [-0.25, -0.2) is 4.39 Å². The van der Waals surface area contributed by atoms with Crippen LogP contribution in [0.15, 0.2) is 18.2 Å². The second kappa shape index (κ2) is 5.29. The molecule has 1 fully saturated rings. The number of nitriles is 1. The van der Waals surface area contributed by atoms with Crippen LogP contribution in [0.1, 0.15) is 18.4 Å². The highest BCUT2D eigenvalue weighted by Gasteiger charge is 2.57. The average Bonchev–Trinajstić information content (AvgIpc) is 2.41. The molecule has 1 aliphatic heterocycles. The smallest absolute Gasteiger partial charge is 0.429 e. The van der Waals surface area contributed by atoms with Crippen molar-refractivity contribution in [3.63, 3.8) is 0 Å². The van der Waals surface area contributed by atoms with E-state index in [4.69, 9.17) is 10.00 Å². The van der Waals surface area contributed by atoms with Gasteiger partial charge < -0.3 is 10.1 Å². The quantitative estimate of drug-likeness (QED) is 0.851. The van der Waals surface area contributed by atoms with Crippen LogP contribution in [0.2, 0.25) is 0 Å².